The number of rotatable bonds is 2. The van der Waals surface area contributed by atoms with Gasteiger partial charge < -0.3 is 10.2 Å². The molecule has 1 aromatic heterocycles. The highest BCUT2D eigenvalue weighted by Gasteiger charge is 2.41. The van der Waals surface area contributed by atoms with Crippen molar-refractivity contribution in [2.45, 2.75) is 43.8 Å². The van der Waals surface area contributed by atoms with Gasteiger partial charge in [-0.25, -0.2) is 0 Å². The topological polar surface area (TPSA) is 41.0 Å². The summed E-state index contributed by atoms with van der Waals surface area (Å²) in [6.45, 7) is 0. The molecule has 2 unspecified atom stereocenters. The Labute approximate surface area is 127 Å². The summed E-state index contributed by atoms with van der Waals surface area (Å²) in [5.74, 6) is 0. The largest absolute Gasteiger partial charge is 0.362 e. The minimum Gasteiger partial charge on any atom is -0.362 e. The molecule has 3 heterocycles. The van der Waals surface area contributed by atoms with Gasteiger partial charge in [-0.15, -0.1) is 0 Å². The Balaban J connectivity index is 1.80. The van der Waals surface area contributed by atoms with Crippen molar-refractivity contribution >= 4 is 40.0 Å². The fourth-order valence-electron chi connectivity index (χ4n) is 3.84. The second kappa shape index (κ2) is 4.83. The third-order valence-corrected chi connectivity index (χ3v) is 5.60. The molecule has 2 aliphatic heterocycles. The molecule has 4 nitrogen and oxygen atoms in total. The Bertz CT molecular complexity index is 629. The van der Waals surface area contributed by atoms with Gasteiger partial charge in [0.2, 0.25) is 0 Å². The van der Waals surface area contributed by atoms with Crippen molar-refractivity contribution in [2.24, 2.45) is 0 Å². The van der Waals surface area contributed by atoms with Gasteiger partial charge in [0.25, 0.3) is 0 Å². The molecule has 4 rings (SSSR count). The van der Waals surface area contributed by atoms with Crippen molar-refractivity contribution in [2.75, 3.05) is 11.9 Å². The average Bonchev–Trinajstić information content (AvgIpc) is 3.01. The summed E-state index contributed by atoms with van der Waals surface area (Å²) in [6, 6.07) is 5.72. The molecule has 0 amide bonds. The highest BCUT2D eigenvalue weighted by atomic mass is 35.5. The SMILES string of the molecule is CNC1CC2CCC(C1)N2c1c(Cl)ccc2nsnc12. The van der Waals surface area contributed by atoms with E-state index in [9.17, 15) is 0 Å². The van der Waals surface area contributed by atoms with E-state index in [1.165, 1.54) is 37.4 Å². The van der Waals surface area contributed by atoms with Crippen molar-refractivity contribution in [1.82, 2.24) is 14.1 Å². The molecule has 0 radical (unpaired) electrons. The Morgan fingerprint density at radius 1 is 1.25 bits per heavy atom. The number of aromatic nitrogens is 2. The van der Waals surface area contributed by atoms with Crippen LogP contribution in [0.4, 0.5) is 5.69 Å². The van der Waals surface area contributed by atoms with Crippen molar-refractivity contribution in [3.05, 3.63) is 17.2 Å². The number of fused-ring (bicyclic) bond motifs is 3. The van der Waals surface area contributed by atoms with Crippen LogP contribution >= 0.6 is 23.3 Å². The number of nitrogens with one attached hydrogen (secondary N) is 1. The smallest absolute Gasteiger partial charge is 0.129 e. The van der Waals surface area contributed by atoms with E-state index in [1.807, 2.05) is 12.1 Å². The molecule has 2 atom stereocenters. The molecule has 20 heavy (non-hydrogen) atoms. The molecule has 1 N–H and O–H groups in total. The zero-order valence-corrected chi connectivity index (χ0v) is 12.9. The fraction of sp³-hybridized carbons (Fsp3) is 0.571. The number of halogens is 1. The molecule has 0 spiro atoms. The Hall–Kier alpha value is -0.910. The third kappa shape index (κ3) is 1.84. The quantitative estimate of drug-likeness (QED) is 0.926. The molecular formula is C14H17ClN4S. The fourth-order valence-corrected chi connectivity index (χ4v) is 4.62. The summed E-state index contributed by atoms with van der Waals surface area (Å²) in [7, 11) is 2.07. The lowest BCUT2D eigenvalue weighted by Crippen LogP contribution is -2.48. The van der Waals surface area contributed by atoms with Crippen LogP contribution in [0, 0.1) is 0 Å². The van der Waals surface area contributed by atoms with E-state index in [2.05, 4.69) is 26.0 Å². The first-order valence-corrected chi connectivity index (χ1v) is 8.25. The van der Waals surface area contributed by atoms with E-state index in [1.54, 1.807) is 0 Å². The van der Waals surface area contributed by atoms with Crippen LogP contribution in [0.15, 0.2) is 12.1 Å². The summed E-state index contributed by atoms with van der Waals surface area (Å²) in [5.41, 5.74) is 3.05. The van der Waals surface area contributed by atoms with Gasteiger partial charge in [-0.05, 0) is 44.9 Å². The normalized spacial score (nSPS) is 29.3. The summed E-state index contributed by atoms with van der Waals surface area (Å²) in [5, 5.41) is 4.25. The van der Waals surface area contributed by atoms with E-state index >= 15 is 0 Å². The number of hydrogen-bond donors (Lipinski definition) is 1. The number of piperidine rings is 1. The van der Waals surface area contributed by atoms with Gasteiger partial charge in [0.15, 0.2) is 0 Å². The van der Waals surface area contributed by atoms with Gasteiger partial charge in [0.05, 0.1) is 22.4 Å². The van der Waals surface area contributed by atoms with Crippen LogP contribution in [0.25, 0.3) is 11.0 Å². The summed E-state index contributed by atoms with van der Waals surface area (Å²) in [6.07, 6.45) is 4.90. The zero-order chi connectivity index (χ0) is 13.7. The molecule has 2 aromatic rings. The molecule has 106 valence electrons. The van der Waals surface area contributed by atoms with Crippen LogP contribution in [0.1, 0.15) is 25.7 Å². The van der Waals surface area contributed by atoms with Crippen LogP contribution in [0.2, 0.25) is 5.02 Å². The number of benzene rings is 1. The molecular weight excluding hydrogens is 292 g/mol. The van der Waals surface area contributed by atoms with E-state index in [0.29, 0.717) is 18.1 Å². The Morgan fingerprint density at radius 3 is 2.70 bits per heavy atom. The van der Waals surface area contributed by atoms with Gasteiger partial charge in [0, 0.05) is 18.1 Å². The highest BCUT2D eigenvalue weighted by molar-refractivity contribution is 7.00. The highest BCUT2D eigenvalue weighted by Crippen LogP contribution is 2.44. The molecule has 0 saturated carbocycles. The second-order valence-electron chi connectivity index (χ2n) is 5.78. The first-order chi connectivity index (χ1) is 9.78. The molecule has 1 aromatic carbocycles. The van der Waals surface area contributed by atoms with Crippen LogP contribution < -0.4 is 10.2 Å². The predicted octanol–water partition coefficient (Wildman–Crippen LogP) is 3.06. The molecule has 2 fully saturated rings. The van der Waals surface area contributed by atoms with Crippen LogP contribution in [-0.4, -0.2) is 33.9 Å². The first kappa shape index (κ1) is 12.8. The number of anilines is 1. The van der Waals surface area contributed by atoms with Crippen LogP contribution in [0.5, 0.6) is 0 Å². The summed E-state index contributed by atoms with van der Waals surface area (Å²) in [4.78, 5) is 2.53. The average molecular weight is 309 g/mol. The maximum atomic E-state index is 6.50. The maximum Gasteiger partial charge on any atom is 0.129 e. The first-order valence-electron chi connectivity index (χ1n) is 7.14. The number of nitrogens with zero attached hydrogens (tertiary/aromatic N) is 3. The molecule has 6 heteroatoms. The maximum absolute atomic E-state index is 6.50. The van der Waals surface area contributed by atoms with Crippen molar-refractivity contribution in [3.8, 4) is 0 Å². The predicted molar refractivity (Wildman–Crippen MR) is 83.8 cm³/mol. The number of hydrogen-bond acceptors (Lipinski definition) is 5. The van der Waals surface area contributed by atoms with E-state index in [0.717, 1.165) is 21.7 Å². The van der Waals surface area contributed by atoms with Gasteiger partial charge >= 0.3 is 0 Å². The van der Waals surface area contributed by atoms with Crippen molar-refractivity contribution in [1.29, 1.82) is 0 Å². The molecule has 2 aliphatic rings. The summed E-state index contributed by atoms with van der Waals surface area (Å²) < 4.78 is 8.83. The lowest BCUT2D eigenvalue weighted by molar-refractivity contribution is 0.374. The van der Waals surface area contributed by atoms with E-state index in [4.69, 9.17) is 11.6 Å². The standard InChI is InChI=1S/C14H17ClN4S/c1-16-8-6-9-2-3-10(7-8)19(9)14-11(15)4-5-12-13(14)18-20-17-12/h4-5,8-10,16H,2-3,6-7H2,1H3. The van der Waals surface area contributed by atoms with Gasteiger partial charge in [-0.2, -0.15) is 8.75 Å². The lowest BCUT2D eigenvalue weighted by Gasteiger charge is -2.40. The van der Waals surface area contributed by atoms with Gasteiger partial charge in [-0.1, -0.05) is 11.6 Å². The third-order valence-electron chi connectivity index (χ3n) is 4.75. The van der Waals surface area contributed by atoms with Crippen LogP contribution in [0.3, 0.4) is 0 Å². The molecule has 2 bridgehead atoms. The lowest BCUT2D eigenvalue weighted by atomic mass is 9.96. The zero-order valence-electron chi connectivity index (χ0n) is 11.3. The van der Waals surface area contributed by atoms with Crippen molar-refractivity contribution in [3.63, 3.8) is 0 Å². The minimum atomic E-state index is 0.580. The van der Waals surface area contributed by atoms with Gasteiger partial charge in [0.1, 0.15) is 11.0 Å². The molecule has 2 saturated heterocycles. The summed E-state index contributed by atoms with van der Waals surface area (Å²) >= 11 is 7.77. The Morgan fingerprint density at radius 2 is 2.00 bits per heavy atom. The van der Waals surface area contributed by atoms with E-state index < -0.39 is 0 Å². The van der Waals surface area contributed by atoms with Crippen LogP contribution in [-0.2, 0) is 0 Å². The Kier molecular flexibility index (Phi) is 3.09. The minimum absolute atomic E-state index is 0.580. The van der Waals surface area contributed by atoms with E-state index in [-0.39, 0.29) is 0 Å². The van der Waals surface area contributed by atoms with Crippen molar-refractivity contribution < 1.29 is 0 Å². The monoisotopic (exact) mass is 308 g/mol. The molecule has 0 aliphatic carbocycles. The van der Waals surface area contributed by atoms with Gasteiger partial charge in [-0.3, -0.25) is 0 Å². The second-order valence-corrected chi connectivity index (χ2v) is 6.71.